The number of nitrogens with zero attached hydrogens (tertiary/aromatic N) is 1. The minimum absolute atomic E-state index is 0.0788. The molecule has 0 radical (unpaired) electrons. The summed E-state index contributed by atoms with van der Waals surface area (Å²) in [7, 11) is 2.08. The first-order valence-corrected chi connectivity index (χ1v) is 4.62. The summed E-state index contributed by atoms with van der Waals surface area (Å²) in [6.07, 6.45) is 4.91. The zero-order valence-electron chi connectivity index (χ0n) is 8.67. The van der Waals surface area contributed by atoms with E-state index in [0.29, 0.717) is 0 Å². The molecule has 1 heterocycles. The van der Waals surface area contributed by atoms with Crippen LogP contribution in [0.5, 0.6) is 0 Å². The van der Waals surface area contributed by atoms with Crippen molar-refractivity contribution in [2.24, 2.45) is 5.73 Å². The van der Waals surface area contributed by atoms with Crippen molar-refractivity contribution in [1.29, 1.82) is 0 Å². The van der Waals surface area contributed by atoms with Crippen molar-refractivity contribution >= 4 is 5.69 Å². The van der Waals surface area contributed by atoms with Gasteiger partial charge in [-0.25, -0.2) is 0 Å². The maximum absolute atomic E-state index is 5.90. The summed E-state index contributed by atoms with van der Waals surface area (Å²) in [5.41, 5.74) is 7.04. The number of hydrogen-bond donors (Lipinski definition) is 2. The van der Waals surface area contributed by atoms with Crippen molar-refractivity contribution in [2.45, 2.75) is 25.8 Å². The quantitative estimate of drug-likeness (QED) is 0.740. The fraction of sp³-hybridized carbons (Fsp3) is 0.600. The molecule has 1 aromatic rings. The van der Waals surface area contributed by atoms with E-state index in [1.54, 1.807) is 0 Å². The van der Waals surface area contributed by atoms with Crippen LogP contribution < -0.4 is 10.6 Å². The largest absolute Gasteiger partial charge is 0.373 e. The van der Waals surface area contributed by atoms with Gasteiger partial charge in [-0.05, 0) is 26.3 Å². The fourth-order valence-electron chi connectivity index (χ4n) is 1.14. The number of aromatic amines is 1. The van der Waals surface area contributed by atoms with Crippen LogP contribution in [0, 0.1) is 0 Å². The van der Waals surface area contributed by atoms with Crippen LogP contribution in [0.1, 0.15) is 20.3 Å². The molecular formula is C10H19N3. The predicted octanol–water partition coefficient (Wildman–Crippen LogP) is 1.58. The highest BCUT2D eigenvalue weighted by Crippen LogP contribution is 2.12. The van der Waals surface area contributed by atoms with Crippen molar-refractivity contribution < 1.29 is 0 Å². The van der Waals surface area contributed by atoms with E-state index in [1.807, 2.05) is 12.4 Å². The van der Waals surface area contributed by atoms with E-state index in [4.69, 9.17) is 5.73 Å². The number of H-pyrrole nitrogens is 1. The maximum atomic E-state index is 5.90. The van der Waals surface area contributed by atoms with E-state index < -0.39 is 0 Å². The number of rotatable bonds is 4. The first-order chi connectivity index (χ1) is 5.99. The Balaban J connectivity index is 2.39. The second-order valence-electron chi connectivity index (χ2n) is 4.23. The first-order valence-electron chi connectivity index (χ1n) is 4.62. The van der Waals surface area contributed by atoms with Crippen LogP contribution in [0.4, 0.5) is 5.69 Å². The Labute approximate surface area is 79.9 Å². The second-order valence-corrected chi connectivity index (χ2v) is 4.23. The van der Waals surface area contributed by atoms with Gasteiger partial charge in [-0.3, -0.25) is 0 Å². The van der Waals surface area contributed by atoms with Gasteiger partial charge in [0.05, 0.1) is 5.69 Å². The van der Waals surface area contributed by atoms with Gasteiger partial charge in [-0.15, -0.1) is 0 Å². The third kappa shape index (κ3) is 3.51. The average Bonchev–Trinajstić information content (AvgIpc) is 2.50. The predicted molar refractivity (Wildman–Crippen MR) is 56.9 cm³/mol. The van der Waals surface area contributed by atoms with E-state index in [1.165, 1.54) is 5.69 Å². The number of anilines is 1. The van der Waals surface area contributed by atoms with Crippen molar-refractivity contribution in [2.75, 3.05) is 18.5 Å². The van der Waals surface area contributed by atoms with Gasteiger partial charge in [-0.2, -0.15) is 0 Å². The van der Waals surface area contributed by atoms with Crippen LogP contribution >= 0.6 is 0 Å². The molecular weight excluding hydrogens is 162 g/mol. The minimum Gasteiger partial charge on any atom is -0.373 e. The molecule has 0 saturated carbocycles. The molecule has 0 aliphatic heterocycles. The summed E-state index contributed by atoms with van der Waals surface area (Å²) < 4.78 is 0. The van der Waals surface area contributed by atoms with Gasteiger partial charge in [0.15, 0.2) is 0 Å². The molecule has 3 nitrogen and oxygen atoms in total. The lowest BCUT2D eigenvalue weighted by atomic mass is 10.0. The Hall–Kier alpha value is -0.960. The van der Waals surface area contributed by atoms with Gasteiger partial charge in [-0.1, -0.05) is 0 Å². The average molecular weight is 181 g/mol. The van der Waals surface area contributed by atoms with Crippen LogP contribution in [-0.2, 0) is 0 Å². The molecule has 13 heavy (non-hydrogen) atoms. The normalized spacial score (nSPS) is 11.7. The molecule has 3 heteroatoms. The zero-order chi connectivity index (χ0) is 9.90. The van der Waals surface area contributed by atoms with Gasteiger partial charge in [0.1, 0.15) is 0 Å². The van der Waals surface area contributed by atoms with Crippen molar-refractivity contribution in [1.82, 2.24) is 4.98 Å². The van der Waals surface area contributed by atoms with Gasteiger partial charge in [0, 0.05) is 31.5 Å². The highest BCUT2D eigenvalue weighted by atomic mass is 15.1. The molecule has 0 aliphatic carbocycles. The Morgan fingerprint density at radius 3 is 2.69 bits per heavy atom. The summed E-state index contributed by atoms with van der Waals surface area (Å²) in [5.74, 6) is 0. The Morgan fingerprint density at radius 2 is 2.23 bits per heavy atom. The Kier molecular flexibility index (Phi) is 2.98. The highest BCUT2D eigenvalue weighted by Gasteiger charge is 2.11. The van der Waals surface area contributed by atoms with Crippen LogP contribution in [0.3, 0.4) is 0 Å². The summed E-state index contributed by atoms with van der Waals surface area (Å²) in [6, 6.07) is 2.06. The molecule has 0 atom stereocenters. The van der Waals surface area contributed by atoms with Crippen LogP contribution in [0.15, 0.2) is 18.5 Å². The Bertz CT molecular complexity index is 233. The van der Waals surface area contributed by atoms with Gasteiger partial charge >= 0.3 is 0 Å². The van der Waals surface area contributed by atoms with E-state index in [-0.39, 0.29) is 5.54 Å². The standard InChI is InChI=1S/C10H19N3/c1-10(2,11)5-7-13(3)9-4-6-12-8-9/h4,6,8,12H,5,7,11H2,1-3H3. The summed E-state index contributed by atoms with van der Waals surface area (Å²) >= 11 is 0. The molecule has 0 amide bonds. The number of aromatic nitrogens is 1. The van der Waals surface area contributed by atoms with E-state index in [0.717, 1.165) is 13.0 Å². The Morgan fingerprint density at radius 1 is 1.54 bits per heavy atom. The molecule has 3 N–H and O–H groups in total. The molecule has 1 rings (SSSR count). The number of hydrogen-bond acceptors (Lipinski definition) is 2. The number of nitrogens with one attached hydrogen (secondary N) is 1. The fourth-order valence-corrected chi connectivity index (χ4v) is 1.14. The van der Waals surface area contributed by atoms with Crippen LogP contribution in [0.25, 0.3) is 0 Å². The lowest BCUT2D eigenvalue weighted by molar-refractivity contribution is 0.479. The molecule has 0 bridgehead atoms. The van der Waals surface area contributed by atoms with Crippen molar-refractivity contribution in [3.63, 3.8) is 0 Å². The third-order valence-corrected chi connectivity index (χ3v) is 2.11. The topological polar surface area (TPSA) is 45.0 Å². The molecule has 0 unspecified atom stereocenters. The molecule has 74 valence electrons. The van der Waals surface area contributed by atoms with Gasteiger partial charge < -0.3 is 15.6 Å². The summed E-state index contributed by atoms with van der Waals surface area (Å²) in [5, 5.41) is 0. The van der Waals surface area contributed by atoms with Crippen molar-refractivity contribution in [3.8, 4) is 0 Å². The van der Waals surface area contributed by atoms with Crippen molar-refractivity contribution in [3.05, 3.63) is 18.5 Å². The van der Waals surface area contributed by atoms with E-state index in [2.05, 4.69) is 36.8 Å². The lowest BCUT2D eigenvalue weighted by Gasteiger charge is -2.24. The highest BCUT2D eigenvalue weighted by molar-refractivity contribution is 5.42. The monoisotopic (exact) mass is 181 g/mol. The van der Waals surface area contributed by atoms with E-state index in [9.17, 15) is 0 Å². The molecule has 0 spiro atoms. The molecule has 0 saturated heterocycles. The molecule has 1 aromatic heterocycles. The minimum atomic E-state index is -0.0788. The molecule has 0 aliphatic rings. The molecule has 0 aromatic carbocycles. The third-order valence-electron chi connectivity index (χ3n) is 2.11. The van der Waals surface area contributed by atoms with Gasteiger partial charge in [0.25, 0.3) is 0 Å². The second kappa shape index (κ2) is 3.83. The number of nitrogens with two attached hydrogens (primary N) is 1. The van der Waals surface area contributed by atoms with Crippen LogP contribution in [-0.4, -0.2) is 24.1 Å². The first kappa shape index (κ1) is 10.1. The molecule has 0 fully saturated rings. The maximum Gasteiger partial charge on any atom is 0.0541 e. The lowest BCUT2D eigenvalue weighted by Crippen LogP contribution is -2.36. The summed E-state index contributed by atoms with van der Waals surface area (Å²) in [6.45, 7) is 5.09. The summed E-state index contributed by atoms with van der Waals surface area (Å²) in [4.78, 5) is 5.23. The smallest absolute Gasteiger partial charge is 0.0541 e. The van der Waals surface area contributed by atoms with Gasteiger partial charge in [0.2, 0.25) is 0 Å². The SMILES string of the molecule is CN(CCC(C)(C)N)c1cc[nH]c1. The van der Waals surface area contributed by atoms with E-state index >= 15 is 0 Å². The van der Waals surface area contributed by atoms with Crippen LogP contribution in [0.2, 0.25) is 0 Å². The zero-order valence-corrected chi connectivity index (χ0v) is 8.67.